The highest BCUT2D eigenvalue weighted by molar-refractivity contribution is 6.19. The summed E-state index contributed by atoms with van der Waals surface area (Å²) in [5.41, 5.74) is 16.2. The number of nitrogens with zero attached hydrogens (tertiary/aromatic N) is 2. The topological polar surface area (TPSA) is 32.8 Å². The molecule has 1 aliphatic rings. The van der Waals surface area contributed by atoms with Crippen LogP contribution in [0.1, 0.15) is 22.3 Å². The lowest BCUT2D eigenvalue weighted by atomic mass is 9.67. The van der Waals surface area contributed by atoms with Crippen LogP contribution in [0.3, 0.4) is 0 Å². The van der Waals surface area contributed by atoms with E-state index in [4.69, 9.17) is 8.83 Å². The van der Waals surface area contributed by atoms with E-state index < -0.39 is 5.41 Å². The van der Waals surface area contributed by atoms with Gasteiger partial charge >= 0.3 is 0 Å². The number of anilines is 6. The van der Waals surface area contributed by atoms with E-state index in [0.717, 1.165) is 88.8 Å². The Hall–Kier alpha value is -9.64. The number of benzene rings is 12. The van der Waals surface area contributed by atoms with Crippen molar-refractivity contribution >= 4 is 99.5 Å². The SMILES string of the molecule is c1ccc(N(c2ccc3c(c2)oc2ccccc23)c2cc3c(c4ccccc24)-c2c(cc(N(c4ccccc4)c4ccc5c(c4)oc4ccccc45)c4ccccc24)C3(c2ccccc2)c2ccccc2)cc1. The van der Waals surface area contributed by atoms with Crippen LogP contribution in [0.4, 0.5) is 34.1 Å². The van der Waals surface area contributed by atoms with E-state index in [9.17, 15) is 0 Å². The first kappa shape index (κ1) is 41.2. The second kappa shape index (κ2) is 16.2. The molecular formula is C69H44N2O2. The van der Waals surface area contributed by atoms with Crippen LogP contribution >= 0.6 is 0 Å². The maximum absolute atomic E-state index is 6.60. The summed E-state index contributed by atoms with van der Waals surface area (Å²) in [6.45, 7) is 0. The maximum Gasteiger partial charge on any atom is 0.137 e. The number of rotatable bonds is 8. The van der Waals surface area contributed by atoms with Crippen LogP contribution in [0.5, 0.6) is 0 Å². The molecule has 2 heterocycles. The Morgan fingerprint density at radius 2 is 0.575 bits per heavy atom. The first-order valence-corrected chi connectivity index (χ1v) is 25.0. The molecule has 0 N–H and O–H groups in total. The Morgan fingerprint density at radius 3 is 0.986 bits per heavy atom. The third-order valence-corrected chi connectivity index (χ3v) is 15.3. The van der Waals surface area contributed by atoms with Crippen molar-refractivity contribution in [1.82, 2.24) is 0 Å². The minimum Gasteiger partial charge on any atom is -0.456 e. The molecule has 0 saturated heterocycles. The second-order valence-corrected chi connectivity index (χ2v) is 19.1. The number of furan rings is 2. The number of fused-ring (bicyclic) bond motifs is 13. The second-order valence-electron chi connectivity index (χ2n) is 19.1. The lowest BCUT2D eigenvalue weighted by molar-refractivity contribution is 0.668. The minimum absolute atomic E-state index is 0.777. The van der Waals surface area contributed by atoms with Gasteiger partial charge in [0.2, 0.25) is 0 Å². The summed E-state index contributed by atoms with van der Waals surface area (Å²) in [4.78, 5) is 4.85. The Labute approximate surface area is 421 Å². The normalized spacial score (nSPS) is 12.8. The van der Waals surface area contributed by atoms with Gasteiger partial charge in [0, 0.05) is 67.2 Å². The lowest BCUT2D eigenvalue weighted by Crippen LogP contribution is -2.29. The molecular weight excluding hydrogens is 889 g/mol. The van der Waals surface area contributed by atoms with Gasteiger partial charge in [0.1, 0.15) is 22.3 Å². The molecule has 342 valence electrons. The Kier molecular flexibility index (Phi) is 9.14. The first-order chi connectivity index (χ1) is 36.2. The maximum atomic E-state index is 6.60. The molecule has 0 unspecified atom stereocenters. The van der Waals surface area contributed by atoms with E-state index in [1.807, 2.05) is 12.1 Å². The van der Waals surface area contributed by atoms with Crippen LogP contribution in [0.2, 0.25) is 0 Å². The fraction of sp³-hybridized carbons (Fsp3) is 0.0145. The molecule has 0 atom stereocenters. The molecule has 0 aliphatic heterocycles. The predicted octanol–water partition coefficient (Wildman–Crippen LogP) is 19.1. The first-order valence-electron chi connectivity index (χ1n) is 25.0. The van der Waals surface area contributed by atoms with Crippen LogP contribution < -0.4 is 9.80 Å². The van der Waals surface area contributed by atoms with Gasteiger partial charge in [0.25, 0.3) is 0 Å². The zero-order chi connectivity index (χ0) is 48.0. The summed E-state index contributed by atoms with van der Waals surface area (Å²) in [5, 5.41) is 9.08. The molecule has 0 amide bonds. The standard InChI is InChI=1S/C69H44N2O2/c1-5-21-45(22-6-1)69(46-23-7-2-8-24-46)59-43-61(70(47-25-9-3-10-26-47)49-37-39-55-53-31-17-19-35-63(53)72-65(55)41-49)51-29-13-15-33-57(51)67(59)68-58-34-16-14-30-52(58)62(44-60(68)69)71(48-27-11-4-12-28-48)50-38-40-56-54-32-18-20-36-64(54)73-66(56)42-50/h1-44H. The van der Waals surface area contributed by atoms with Crippen LogP contribution in [0.15, 0.2) is 276 Å². The molecule has 15 rings (SSSR count). The molecule has 0 saturated carbocycles. The van der Waals surface area contributed by atoms with Gasteiger partial charge in [-0.1, -0.05) is 182 Å². The zero-order valence-electron chi connectivity index (χ0n) is 39.6. The highest BCUT2D eigenvalue weighted by Gasteiger charge is 2.49. The number of hydrogen-bond donors (Lipinski definition) is 0. The van der Waals surface area contributed by atoms with Gasteiger partial charge < -0.3 is 18.6 Å². The highest BCUT2D eigenvalue weighted by atomic mass is 16.3. The van der Waals surface area contributed by atoms with E-state index >= 15 is 0 Å². The summed E-state index contributed by atoms with van der Waals surface area (Å²) >= 11 is 0. The number of para-hydroxylation sites is 4. The average Bonchev–Trinajstić information content (AvgIpc) is 4.17. The van der Waals surface area contributed by atoms with Crippen LogP contribution in [-0.2, 0) is 5.41 Å². The lowest BCUT2D eigenvalue weighted by Gasteiger charge is -2.36. The minimum atomic E-state index is -0.777. The van der Waals surface area contributed by atoms with E-state index in [-0.39, 0.29) is 0 Å². The van der Waals surface area contributed by atoms with Gasteiger partial charge in [-0.2, -0.15) is 0 Å². The largest absolute Gasteiger partial charge is 0.456 e. The monoisotopic (exact) mass is 932 g/mol. The fourth-order valence-electron chi connectivity index (χ4n) is 12.2. The van der Waals surface area contributed by atoms with Gasteiger partial charge in [-0.15, -0.1) is 0 Å². The molecule has 14 aromatic rings. The Morgan fingerprint density at radius 1 is 0.247 bits per heavy atom. The van der Waals surface area contributed by atoms with Gasteiger partial charge in [-0.05, 0) is 117 Å². The van der Waals surface area contributed by atoms with E-state index in [2.05, 4.69) is 265 Å². The molecule has 2 aromatic heterocycles. The van der Waals surface area contributed by atoms with Crippen molar-refractivity contribution in [3.8, 4) is 11.1 Å². The molecule has 0 radical (unpaired) electrons. The van der Waals surface area contributed by atoms with Crippen molar-refractivity contribution < 1.29 is 8.83 Å². The summed E-state index contributed by atoms with van der Waals surface area (Å²) in [6, 6.07) is 96.9. The quantitative estimate of drug-likeness (QED) is 0.152. The highest BCUT2D eigenvalue weighted by Crippen LogP contribution is 2.63. The molecule has 0 fully saturated rings. The third kappa shape index (κ3) is 6.14. The van der Waals surface area contributed by atoms with Gasteiger partial charge in [0.15, 0.2) is 0 Å². The average molecular weight is 933 g/mol. The summed E-state index contributed by atoms with van der Waals surface area (Å²) in [7, 11) is 0. The van der Waals surface area contributed by atoms with Crippen LogP contribution in [0, 0.1) is 0 Å². The van der Waals surface area contributed by atoms with Crippen molar-refractivity contribution in [2.75, 3.05) is 9.80 Å². The Bertz CT molecular complexity index is 4160. The molecule has 73 heavy (non-hydrogen) atoms. The molecule has 12 aromatic carbocycles. The van der Waals surface area contributed by atoms with E-state index in [1.165, 1.54) is 44.2 Å². The van der Waals surface area contributed by atoms with Crippen molar-refractivity contribution in [1.29, 1.82) is 0 Å². The fourth-order valence-corrected chi connectivity index (χ4v) is 12.2. The summed E-state index contributed by atoms with van der Waals surface area (Å²) in [5.74, 6) is 0. The predicted molar refractivity (Wildman–Crippen MR) is 303 cm³/mol. The Balaban J connectivity index is 1.07. The van der Waals surface area contributed by atoms with Gasteiger partial charge in [0.05, 0.1) is 16.8 Å². The molecule has 0 bridgehead atoms. The molecule has 4 heteroatoms. The van der Waals surface area contributed by atoms with Crippen LogP contribution in [0.25, 0.3) is 76.5 Å². The molecule has 4 nitrogen and oxygen atoms in total. The van der Waals surface area contributed by atoms with Crippen molar-refractivity contribution in [2.45, 2.75) is 5.41 Å². The van der Waals surface area contributed by atoms with E-state index in [0.29, 0.717) is 0 Å². The summed E-state index contributed by atoms with van der Waals surface area (Å²) in [6.07, 6.45) is 0. The molecule has 1 aliphatic carbocycles. The molecule has 0 spiro atoms. The third-order valence-electron chi connectivity index (χ3n) is 15.3. The van der Waals surface area contributed by atoms with Crippen molar-refractivity contribution in [3.63, 3.8) is 0 Å². The zero-order valence-corrected chi connectivity index (χ0v) is 39.6. The summed E-state index contributed by atoms with van der Waals surface area (Å²) < 4.78 is 13.2. The van der Waals surface area contributed by atoms with Gasteiger partial charge in [-0.25, -0.2) is 0 Å². The van der Waals surface area contributed by atoms with Crippen LogP contribution in [-0.4, -0.2) is 0 Å². The van der Waals surface area contributed by atoms with Crippen molar-refractivity contribution in [2.24, 2.45) is 0 Å². The smallest absolute Gasteiger partial charge is 0.137 e. The van der Waals surface area contributed by atoms with Gasteiger partial charge in [-0.3, -0.25) is 0 Å². The van der Waals surface area contributed by atoms with Crippen molar-refractivity contribution in [3.05, 3.63) is 289 Å². The number of hydrogen-bond acceptors (Lipinski definition) is 4. The van der Waals surface area contributed by atoms with E-state index in [1.54, 1.807) is 0 Å².